The van der Waals surface area contributed by atoms with Gasteiger partial charge in [0.15, 0.2) is 12.7 Å². The number of halogens is 2. The number of hydroxylamine groups is 2. The summed E-state index contributed by atoms with van der Waals surface area (Å²) in [6.07, 6.45) is -0.593. The summed E-state index contributed by atoms with van der Waals surface area (Å²) in [5, 5.41) is 7.41. The van der Waals surface area contributed by atoms with Crippen molar-refractivity contribution in [2.75, 3.05) is 27.3 Å². The van der Waals surface area contributed by atoms with Gasteiger partial charge in [0.2, 0.25) is 0 Å². The maximum atomic E-state index is 12.2. The van der Waals surface area contributed by atoms with Crippen molar-refractivity contribution in [2.24, 2.45) is 0 Å². The molecule has 0 saturated carbocycles. The van der Waals surface area contributed by atoms with Crippen molar-refractivity contribution in [1.29, 1.82) is 0 Å². The number of carbonyl (C=O) groups excluding carboxylic acids is 2. The number of nitrogens with zero attached hydrogens (tertiary/aromatic N) is 1. The highest BCUT2D eigenvalue weighted by Crippen LogP contribution is 2.26. The van der Waals surface area contributed by atoms with Crippen molar-refractivity contribution in [3.8, 4) is 5.75 Å². The van der Waals surface area contributed by atoms with Gasteiger partial charge in [-0.05, 0) is 12.1 Å². The number of hydrogen-bond acceptors (Lipinski definition) is 7. The first-order valence-corrected chi connectivity index (χ1v) is 9.48. The average Bonchev–Trinajstić information content (AvgIpc) is 2.69. The van der Waals surface area contributed by atoms with Gasteiger partial charge in [0.1, 0.15) is 12.0 Å². The van der Waals surface area contributed by atoms with Crippen LogP contribution in [0.1, 0.15) is 12.8 Å². The summed E-state index contributed by atoms with van der Waals surface area (Å²) >= 11 is 11.7. The molecule has 2 N–H and O–H groups in total. The third kappa shape index (κ3) is 7.46. The second-order valence-electron chi connectivity index (χ2n) is 6.19. The lowest BCUT2D eigenvalue weighted by Gasteiger charge is -2.32. The van der Waals surface area contributed by atoms with Gasteiger partial charge in [-0.25, -0.2) is 4.89 Å². The molecule has 1 fully saturated rings. The zero-order chi connectivity index (χ0) is 21.4. The van der Waals surface area contributed by atoms with Crippen LogP contribution in [0.5, 0.6) is 5.75 Å². The van der Waals surface area contributed by atoms with Crippen LogP contribution in [0.15, 0.2) is 30.5 Å². The highest BCUT2D eigenvalue weighted by Gasteiger charge is 2.33. The zero-order valence-corrected chi connectivity index (χ0v) is 17.6. The molecule has 0 radical (unpaired) electrons. The number of nitrogens with one attached hydrogen (secondary N) is 2. The molecule has 1 heterocycles. The Hall–Kier alpha value is -1.88. The first kappa shape index (κ1) is 23.4. The lowest BCUT2D eigenvalue weighted by atomic mass is 10.2. The minimum atomic E-state index is -0.831. The normalized spacial score (nSPS) is 19.4. The van der Waals surface area contributed by atoms with E-state index in [4.69, 9.17) is 42.6 Å². The third-order valence-corrected chi connectivity index (χ3v) is 4.71. The van der Waals surface area contributed by atoms with Gasteiger partial charge < -0.3 is 20.1 Å². The van der Waals surface area contributed by atoms with Crippen LogP contribution >= 0.6 is 23.2 Å². The van der Waals surface area contributed by atoms with Gasteiger partial charge in [0, 0.05) is 45.3 Å². The standard InChI is InChI=1S/C18H23Cl2N3O6/c1-11(22-18(25)15-9-17(26-3)23(2)29-28-15)6-7-21-16(24)10-27-12-4-5-13(19)14(20)8-12/h4-5,8,15,17H,1,6-7,9-10H2,2-3H3,(H,21,24)(H,22,25). The molecule has 1 aliphatic heterocycles. The third-order valence-electron chi connectivity index (χ3n) is 3.97. The fraction of sp³-hybridized carbons (Fsp3) is 0.444. The maximum absolute atomic E-state index is 12.2. The molecule has 0 aliphatic carbocycles. The largest absolute Gasteiger partial charge is 0.484 e. The van der Waals surface area contributed by atoms with Gasteiger partial charge in [-0.2, -0.15) is 0 Å². The predicted molar refractivity (Wildman–Crippen MR) is 106 cm³/mol. The number of ether oxygens (including phenoxy) is 2. The number of hydrogen-bond donors (Lipinski definition) is 2. The molecular formula is C18H23Cl2N3O6. The monoisotopic (exact) mass is 447 g/mol. The van der Waals surface area contributed by atoms with E-state index in [1.54, 1.807) is 19.2 Å². The van der Waals surface area contributed by atoms with E-state index in [1.807, 2.05) is 0 Å². The molecule has 1 saturated heterocycles. The highest BCUT2D eigenvalue weighted by molar-refractivity contribution is 6.42. The summed E-state index contributed by atoms with van der Waals surface area (Å²) in [6.45, 7) is 3.86. The fourth-order valence-electron chi connectivity index (χ4n) is 2.37. The van der Waals surface area contributed by atoms with Crippen LogP contribution in [0.3, 0.4) is 0 Å². The molecule has 2 amide bonds. The summed E-state index contributed by atoms with van der Waals surface area (Å²) in [5.74, 6) is -0.300. The van der Waals surface area contributed by atoms with Gasteiger partial charge in [-0.3, -0.25) is 9.59 Å². The quantitative estimate of drug-likeness (QED) is 0.558. The Labute approximate surface area is 178 Å². The average molecular weight is 448 g/mol. The van der Waals surface area contributed by atoms with Gasteiger partial charge in [0.05, 0.1) is 10.0 Å². The summed E-state index contributed by atoms with van der Waals surface area (Å²) in [6, 6.07) is 4.72. The van der Waals surface area contributed by atoms with Crippen molar-refractivity contribution < 1.29 is 28.9 Å². The number of amides is 2. The number of rotatable bonds is 9. The second kappa shape index (κ2) is 11.3. The summed E-state index contributed by atoms with van der Waals surface area (Å²) in [7, 11) is 3.15. The van der Waals surface area contributed by atoms with E-state index >= 15 is 0 Å². The van der Waals surface area contributed by atoms with Gasteiger partial charge in [-0.1, -0.05) is 29.8 Å². The van der Waals surface area contributed by atoms with Crippen molar-refractivity contribution in [2.45, 2.75) is 25.2 Å². The molecule has 2 unspecified atom stereocenters. The van der Waals surface area contributed by atoms with Gasteiger partial charge >= 0.3 is 0 Å². The Bertz CT molecular complexity index is 748. The summed E-state index contributed by atoms with van der Waals surface area (Å²) in [4.78, 5) is 34.0. The molecule has 11 heteroatoms. The number of carbonyl (C=O) groups is 2. The number of methoxy groups -OCH3 is 1. The van der Waals surface area contributed by atoms with Crippen molar-refractivity contribution in [1.82, 2.24) is 15.7 Å². The maximum Gasteiger partial charge on any atom is 0.257 e. The summed E-state index contributed by atoms with van der Waals surface area (Å²) in [5.41, 5.74) is 0.428. The SMILES string of the molecule is C=C(CCNC(=O)COc1ccc(Cl)c(Cl)c1)NC(=O)C1CC(OC)N(C)OO1. The van der Waals surface area contributed by atoms with Crippen LogP contribution in [-0.4, -0.2) is 56.5 Å². The van der Waals surface area contributed by atoms with Gasteiger partial charge in [-0.15, -0.1) is 10.1 Å². The first-order chi connectivity index (χ1) is 13.8. The van der Waals surface area contributed by atoms with Crippen molar-refractivity contribution in [3.05, 3.63) is 40.5 Å². The lowest BCUT2D eigenvalue weighted by molar-refractivity contribution is -0.485. The molecule has 1 aliphatic rings. The second-order valence-corrected chi connectivity index (χ2v) is 7.00. The smallest absolute Gasteiger partial charge is 0.257 e. The fourth-order valence-corrected chi connectivity index (χ4v) is 2.66. The van der Waals surface area contributed by atoms with Crippen LogP contribution in [0.25, 0.3) is 0 Å². The molecule has 0 spiro atoms. The Kier molecular flexibility index (Phi) is 9.15. The minimum absolute atomic E-state index is 0.185. The van der Waals surface area contributed by atoms with Gasteiger partial charge in [0.25, 0.3) is 11.8 Å². The molecule has 2 atom stereocenters. The molecule has 0 aromatic heterocycles. The Morgan fingerprint density at radius 2 is 2.10 bits per heavy atom. The van der Waals surface area contributed by atoms with Crippen molar-refractivity contribution in [3.63, 3.8) is 0 Å². The van der Waals surface area contributed by atoms with E-state index in [1.165, 1.54) is 18.2 Å². The van der Waals surface area contributed by atoms with E-state index in [0.717, 1.165) is 0 Å². The Balaban J connectivity index is 1.65. The van der Waals surface area contributed by atoms with Crippen LogP contribution in [0.2, 0.25) is 10.0 Å². The highest BCUT2D eigenvalue weighted by atomic mass is 35.5. The molecule has 29 heavy (non-hydrogen) atoms. The molecule has 160 valence electrons. The lowest BCUT2D eigenvalue weighted by Crippen LogP contribution is -2.48. The minimum Gasteiger partial charge on any atom is -0.484 e. The van der Waals surface area contributed by atoms with Crippen molar-refractivity contribution >= 4 is 35.0 Å². The van der Waals surface area contributed by atoms with E-state index in [0.29, 0.717) is 34.3 Å². The topological polar surface area (TPSA) is 98.4 Å². The van der Waals surface area contributed by atoms with E-state index < -0.39 is 18.2 Å². The van der Waals surface area contributed by atoms with Crippen LogP contribution in [0.4, 0.5) is 0 Å². The molecule has 1 aromatic carbocycles. The molecule has 2 rings (SSSR count). The molecule has 1 aromatic rings. The molecular weight excluding hydrogens is 425 g/mol. The molecule has 9 nitrogen and oxygen atoms in total. The predicted octanol–water partition coefficient (Wildman–Crippen LogP) is 2.05. The number of benzene rings is 1. The Morgan fingerprint density at radius 1 is 1.34 bits per heavy atom. The summed E-state index contributed by atoms with van der Waals surface area (Å²) < 4.78 is 10.5. The molecule has 0 bridgehead atoms. The van der Waals surface area contributed by atoms with E-state index in [9.17, 15) is 9.59 Å². The van der Waals surface area contributed by atoms with E-state index in [2.05, 4.69) is 17.2 Å². The first-order valence-electron chi connectivity index (χ1n) is 8.72. The van der Waals surface area contributed by atoms with Crippen LogP contribution in [0, 0.1) is 0 Å². The van der Waals surface area contributed by atoms with Crippen LogP contribution in [-0.2, 0) is 24.2 Å². The van der Waals surface area contributed by atoms with E-state index in [-0.39, 0.29) is 19.1 Å². The zero-order valence-electron chi connectivity index (χ0n) is 16.1. The van der Waals surface area contributed by atoms with Crippen LogP contribution < -0.4 is 15.4 Å². The Morgan fingerprint density at radius 3 is 2.79 bits per heavy atom.